The van der Waals surface area contributed by atoms with Crippen LogP contribution in [-0.2, 0) is 30.6 Å². The number of benzene rings is 1. The number of carbonyl (C=O) groups is 1. The third kappa shape index (κ3) is 5.59. The maximum absolute atomic E-state index is 12.8. The Morgan fingerprint density at radius 1 is 1.09 bits per heavy atom. The smallest absolute Gasteiger partial charge is 0.349 e. The van der Waals surface area contributed by atoms with Gasteiger partial charge >= 0.3 is 5.69 Å². The first kappa shape index (κ1) is 23.8. The summed E-state index contributed by atoms with van der Waals surface area (Å²) in [6, 6.07) is 9.53. The monoisotopic (exact) mass is 480 g/mol. The molecule has 0 aliphatic heterocycles. The fourth-order valence-corrected chi connectivity index (χ4v) is 5.01. The molecule has 2 heterocycles. The Hall–Kier alpha value is -3.33. The first-order valence-electron chi connectivity index (χ1n) is 11.2. The highest BCUT2D eigenvalue weighted by molar-refractivity contribution is 7.99. The number of nitrogens with one attached hydrogen (secondary N) is 1. The van der Waals surface area contributed by atoms with Crippen molar-refractivity contribution in [1.82, 2.24) is 19.9 Å². The Bertz CT molecular complexity index is 1210. The van der Waals surface area contributed by atoms with Crippen LogP contribution >= 0.6 is 11.8 Å². The van der Waals surface area contributed by atoms with Gasteiger partial charge in [0.25, 0.3) is 0 Å². The maximum Gasteiger partial charge on any atom is 0.349 e. The van der Waals surface area contributed by atoms with Gasteiger partial charge in [-0.25, -0.2) is 4.79 Å². The van der Waals surface area contributed by atoms with Crippen molar-refractivity contribution < 1.29 is 14.3 Å². The second-order valence-corrected chi connectivity index (χ2v) is 8.96. The van der Waals surface area contributed by atoms with Crippen molar-refractivity contribution >= 4 is 17.7 Å². The topological polar surface area (TPSA) is 95.3 Å². The van der Waals surface area contributed by atoms with E-state index >= 15 is 0 Å². The van der Waals surface area contributed by atoms with Gasteiger partial charge in [-0.1, -0.05) is 17.8 Å². The molecule has 0 bridgehead atoms. The summed E-state index contributed by atoms with van der Waals surface area (Å²) in [7, 11) is 3.20. The van der Waals surface area contributed by atoms with E-state index < -0.39 is 0 Å². The summed E-state index contributed by atoms with van der Waals surface area (Å²) in [6.07, 6.45) is 6.84. The number of fused-ring (bicyclic) bond motifs is 1. The molecule has 0 fully saturated rings. The number of carbonyl (C=O) groups excluding carboxylic acids is 1. The van der Waals surface area contributed by atoms with Crippen molar-refractivity contribution in [2.24, 2.45) is 0 Å². The number of thioether (sulfide) groups is 1. The van der Waals surface area contributed by atoms with Crippen molar-refractivity contribution in [2.45, 2.75) is 37.3 Å². The van der Waals surface area contributed by atoms with Gasteiger partial charge in [0.15, 0.2) is 11.5 Å². The molecule has 0 radical (unpaired) electrons. The molecular weight excluding hydrogens is 452 g/mol. The molecular formula is C25H28N4O4S. The molecule has 0 saturated carbocycles. The molecule has 0 unspecified atom stereocenters. The number of rotatable bonds is 10. The molecule has 0 saturated heterocycles. The SMILES string of the molecule is COc1ccc(CCNC(=O)CSc2nc(=O)n(Cc3ccncc3)c3c2CCC3)cc1OC. The van der Waals surface area contributed by atoms with Crippen LogP contribution in [0.2, 0.25) is 0 Å². The lowest BCUT2D eigenvalue weighted by atomic mass is 10.1. The Balaban J connectivity index is 1.34. The predicted molar refractivity (Wildman–Crippen MR) is 131 cm³/mol. The molecule has 0 spiro atoms. The Kier molecular flexibility index (Phi) is 7.84. The minimum atomic E-state index is -0.270. The Labute approximate surface area is 202 Å². The zero-order valence-electron chi connectivity index (χ0n) is 19.4. The molecule has 1 amide bonds. The molecule has 2 aromatic heterocycles. The van der Waals surface area contributed by atoms with Crippen LogP contribution in [0.4, 0.5) is 0 Å². The summed E-state index contributed by atoms with van der Waals surface area (Å²) < 4.78 is 12.3. The number of amides is 1. The highest BCUT2D eigenvalue weighted by Crippen LogP contribution is 2.30. The third-order valence-electron chi connectivity index (χ3n) is 5.81. The van der Waals surface area contributed by atoms with Gasteiger partial charge in [0, 0.05) is 30.2 Å². The van der Waals surface area contributed by atoms with Crippen LogP contribution in [0.25, 0.3) is 0 Å². The van der Waals surface area contributed by atoms with Crippen molar-refractivity contribution in [3.63, 3.8) is 0 Å². The standard InChI is InChI=1S/C25H28N4O4S/c1-32-21-7-6-17(14-22(21)33-2)10-13-27-23(30)16-34-24-19-4-3-5-20(19)29(25(31)28-24)15-18-8-11-26-12-9-18/h6-9,11-12,14H,3-5,10,13,15-16H2,1-2H3,(H,27,30). The molecule has 4 rings (SSSR count). The van der Waals surface area contributed by atoms with Crippen LogP contribution in [-0.4, -0.2) is 47.0 Å². The van der Waals surface area contributed by atoms with Crippen LogP contribution in [0.3, 0.4) is 0 Å². The summed E-state index contributed by atoms with van der Waals surface area (Å²) in [5, 5.41) is 3.62. The van der Waals surface area contributed by atoms with E-state index in [1.54, 1.807) is 31.2 Å². The van der Waals surface area contributed by atoms with E-state index in [1.165, 1.54) is 11.8 Å². The lowest BCUT2D eigenvalue weighted by Crippen LogP contribution is -2.29. The normalized spacial score (nSPS) is 12.3. The van der Waals surface area contributed by atoms with Gasteiger partial charge < -0.3 is 14.8 Å². The molecule has 0 atom stereocenters. The van der Waals surface area contributed by atoms with E-state index in [0.29, 0.717) is 36.0 Å². The minimum absolute atomic E-state index is 0.0833. The number of hydrogen-bond donors (Lipinski definition) is 1. The summed E-state index contributed by atoms with van der Waals surface area (Å²) in [6.45, 7) is 0.992. The van der Waals surface area contributed by atoms with Crippen molar-refractivity contribution in [3.05, 3.63) is 75.6 Å². The molecule has 1 N–H and O–H groups in total. The quantitative estimate of drug-likeness (QED) is 0.352. The summed E-state index contributed by atoms with van der Waals surface area (Å²) in [4.78, 5) is 33.6. The van der Waals surface area contributed by atoms with Crippen molar-refractivity contribution in [2.75, 3.05) is 26.5 Å². The van der Waals surface area contributed by atoms with Gasteiger partial charge in [-0.05, 0) is 61.1 Å². The molecule has 178 valence electrons. The van der Waals surface area contributed by atoms with Gasteiger partial charge in [-0.3, -0.25) is 14.3 Å². The average molecular weight is 481 g/mol. The second-order valence-electron chi connectivity index (χ2n) is 8.00. The summed E-state index contributed by atoms with van der Waals surface area (Å²) >= 11 is 1.34. The van der Waals surface area contributed by atoms with E-state index in [4.69, 9.17) is 9.47 Å². The maximum atomic E-state index is 12.8. The minimum Gasteiger partial charge on any atom is -0.493 e. The van der Waals surface area contributed by atoms with Crippen LogP contribution in [0.5, 0.6) is 11.5 Å². The predicted octanol–water partition coefficient (Wildman–Crippen LogP) is 2.64. The highest BCUT2D eigenvalue weighted by Gasteiger charge is 2.22. The number of aromatic nitrogens is 3. The van der Waals surface area contributed by atoms with E-state index in [1.807, 2.05) is 30.3 Å². The molecule has 34 heavy (non-hydrogen) atoms. The van der Waals surface area contributed by atoms with Gasteiger partial charge in [-0.2, -0.15) is 4.98 Å². The summed E-state index contributed by atoms with van der Waals surface area (Å²) in [5.41, 5.74) is 3.92. The molecule has 1 aliphatic rings. The molecule has 1 aliphatic carbocycles. The lowest BCUT2D eigenvalue weighted by molar-refractivity contribution is -0.118. The lowest BCUT2D eigenvalue weighted by Gasteiger charge is -2.14. The fourth-order valence-electron chi connectivity index (χ4n) is 4.11. The highest BCUT2D eigenvalue weighted by atomic mass is 32.2. The third-order valence-corrected chi connectivity index (χ3v) is 6.83. The molecule has 1 aromatic carbocycles. The van der Waals surface area contributed by atoms with Crippen LogP contribution in [0.1, 0.15) is 28.8 Å². The second kappa shape index (κ2) is 11.2. The number of hydrogen-bond acceptors (Lipinski definition) is 7. The molecule has 9 heteroatoms. The largest absolute Gasteiger partial charge is 0.493 e. The number of methoxy groups -OCH3 is 2. The van der Waals surface area contributed by atoms with Gasteiger partial charge in [-0.15, -0.1) is 0 Å². The van der Waals surface area contributed by atoms with E-state index in [9.17, 15) is 9.59 Å². The molecule has 8 nitrogen and oxygen atoms in total. The first-order chi connectivity index (χ1) is 16.6. The zero-order valence-corrected chi connectivity index (χ0v) is 20.2. The van der Waals surface area contributed by atoms with E-state index in [-0.39, 0.29) is 17.3 Å². The van der Waals surface area contributed by atoms with Gasteiger partial charge in [0.05, 0.1) is 26.5 Å². The zero-order chi connectivity index (χ0) is 23.9. The van der Waals surface area contributed by atoms with Gasteiger partial charge in [0.2, 0.25) is 5.91 Å². The van der Waals surface area contributed by atoms with Crippen LogP contribution in [0, 0.1) is 0 Å². The van der Waals surface area contributed by atoms with Crippen LogP contribution in [0.15, 0.2) is 52.5 Å². The number of nitrogens with zero attached hydrogens (tertiary/aromatic N) is 3. The fraction of sp³-hybridized carbons (Fsp3) is 0.360. The van der Waals surface area contributed by atoms with Crippen molar-refractivity contribution in [1.29, 1.82) is 0 Å². The first-order valence-corrected chi connectivity index (χ1v) is 12.2. The Morgan fingerprint density at radius 2 is 1.88 bits per heavy atom. The average Bonchev–Trinajstić information content (AvgIpc) is 3.35. The molecule has 3 aromatic rings. The Morgan fingerprint density at radius 3 is 2.65 bits per heavy atom. The van der Waals surface area contributed by atoms with E-state index in [2.05, 4.69) is 15.3 Å². The van der Waals surface area contributed by atoms with Gasteiger partial charge in [0.1, 0.15) is 5.03 Å². The number of pyridine rings is 1. The van der Waals surface area contributed by atoms with Crippen LogP contribution < -0.4 is 20.5 Å². The number of ether oxygens (including phenoxy) is 2. The van der Waals surface area contributed by atoms with E-state index in [0.717, 1.165) is 41.6 Å². The summed E-state index contributed by atoms with van der Waals surface area (Å²) in [5.74, 6) is 1.48. The van der Waals surface area contributed by atoms with Crippen molar-refractivity contribution in [3.8, 4) is 11.5 Å².